The lowest BCUT2D eigenvalue weighted by atomic mass is 10.4. The van der Waals surface area contributed by atoms with Crippen LogP contribution in [0.5, 0.6) is 0 Å². The minimum atomic E-state index is 0.929. The van der Waals surface area contributed by atoms with Crippen LogP contribution in [0, 0.1) is 0 Å². The van der Waals surface area contributed by atoms with Gasteiger partial charge in [-0.15, -0.1) is 11.3 Å². The predicted octanol–water partition coefficient (Wildman–Crippen LogP) is 2.21. The fraction of sp³-hybridized carbons (Fsp3) is 0.667. The van der Waals surface area contributed by atoms with Crippen molar-refractivity contribution in [2.75, 3.05) is 6.54 Å². The zero-order chi connectivity index (χ0) is 8.81. The Hall–Kier alpha value is -0.410. The van der Waals surface area contributed by atoms with Crippen LogP contribution in [0.3, 0.4) is 0 Å². The number of thiazole rings is 1. The smallest absolute Gasteiger partial charge is 0.107 e. The van der Waals surface area contributed by atoms with Crippen molar-refractivity contribution in [1.82, 2.24) is 10.3 Å². The van der Waals surface area contributed by atoms with Crippen molar-refractivity contribution in [3.8, 4) is 0 Å². The fourth-order valence-electron chi connectivity index (χ4n) is 0.965. The Morgan fingerprint density at radius 3 is 2.92 bits per heavy atom. The van der Waals surface area contributed by atoms with Gasteiger partial charge in [0.05, 0.1) is 5.69 Å². The summed E-state index contributed by atoms with van der Waals surface area (Å²) >= 11 is 1.75. The van der Waals surface area contributed by atoms with Crippen LogP contribution in [0.2, 0.25) is 0 Å². The van der Waals surface area contributed by atoms with Crippen LogP contribution < -0.4 is 5.32 Å². The van der Waals surface area contributed by atoms with Gasteiger partial charge >= 0.3 is 0 Å². The monoisotopic (exact) mass is 184 g/mol. The standard InChI is InChI=1S/C9H16N2S/c1-3-5-10-6-9-11-8(4-2)7-12-9/h7,10H,3-6H2,1-2H3. The molecule has 0 aliphatic carbocycles. The lowest BCUT2D eigenvalue weighted by Gasteiger charge is -1.97. The van der Waals surface area contributed by atoms with Crippen LogP contribution in [0.1, 0.15) is 31.0 Å². The molecule has 0 radical (unpaired) electrons. The predicted molar refractivity (Wildman–Crippen MR) is 53.5 cm³/mol. The first-order chi connectivity index (χ1) is 5.86. The average Bonchev–Trinajstić information content (AvgIpc) is 2.53. The second-order valence-electron chi connectivity index (χ2n) is 2.76. The molecule has 0 saturated heterocycles. The number of nitrogens with one attached hydrogen (secondary N) is 1. The van der Waals surface area contributed by atoms with E-state index in [4.69, 9.17) is 0 Å². The summed E-state index contributed by atoms with van der Waals surface area (Å²) in [4.78, 5) is 4.46. The lowest BCUT2D eigenvalue weighted by Crippen LogP contribution is -2.13. The molecular weight excluding hydrogens is 168 g/mol. The van der Waals surface area contributed by atoms with Crippen molar-refractivity contribution >= 4 is 11.3 Å². The number of aromatic nitrogens is 1. The van der Waals surface area contributed by atoms with Gasteiger partial charge in [-0.2, -0.15) is 0 Å². The lowest BCUT2D eigenvalue weighted by molar-refractivity contribution is 0.671. The molecule has 0 bridgehead atoms. The molecule has 0 spiro atoms. The highest BCUT2D eigenvalue weighted by Gasteiger charge is 1.98. The van der Waals surface area contributed by atoms with Gasteiger partial charge in [-0.25, -0.2) is 4.98 Å². The molecule has 0 saturated carbocycles. The third-order valence-electron chi connectivity index (χ3n) is 1.66. The van der Waals surface area contributed by atoms with Gasteiger partial charge in [-0.3, -0.25) is 0 Å². The Kier molecular flexibility index (Phi) is 4.25. The van der Waals surface area contributed by atoms with Crippen LogP contribution in [0.4, 0.5) is 0 Å². The van der Waals surface area contributed by atoms with E-state index in [1.54, 1.807) is 11.3 Å². The van der Waals surface area contributed by atoms with E-state index < -0.39 is 0 Å². The van der Waals surface area contributed by atoms with Gasteiger partial charge in [0, 0.05) is 11.9 Å². The zero-order valence-corrected chi connectivity index (χ0v) is 8.58. The van der Waals surface area contributed by atoms with E-state index in [0.717, 1.165) is 19.5 Å². The van der Waals surface area contributed by atoms with Gasteiger partial charge in [0.15, 0.2) is 0 Å². The van der Waals surface area contributed by atoms with E-state index in [1.807, 2.05) is 0 Å². The van der Waals surface area contributed by atoms with Crippen molar-refractivity contribution in [2.45, 2.75) is 33.2 Å². The largest absolute Gasteiger partial charge is 0.310 e. The quantitative estimate of drug-likeness (QED) is 0.710. The maximum Gasteiger partial charge on any atom is 0.107 e. The summed E-state index contributed by atoms with van der Waals surface area (Å²) in [6.07, 6.45) is 2.23. The van der Waals surface area contributed by atoms with E-state index in [1.165, 1.54) is 17.1 Å². The molecule has 0 atom stereocenters. The molecule has 1 heterocycles. The third kappa shape index (κ3) is 2.91. The highest BCUT2D eigenvalue weighted by molar-refractivity contribution is 7.09. The van der Waals surface area contributed by atoms with Gasteiger partial charge in [-0.05, 0) is 19.4 Å². The second kappa shape index (κ2) is 5.27. The second-order valence-corrected chi connectivity index (χ2v) is 3.71. The summed E-state index contributed by atoms with van der Waals surface area (Å²) in [5.74, 6) is 0. The highest BCUT2D eigenvalue weighted by Crippen LogP contribution is 2.09. The molecule has 1 N–H and O–H groups in total. The molecule has 0 unspecified atom stereocenters. The first-order valence-electron chi connectivity index (χ1n) is 4.50. The maximum atomic E-state index is 4.46. The molecule has 1 aromatic rings. The van der Waals surface area contributed by atoms with Crippen LogP contribution in [-0.2, 0) is 13.0 Å². The van der Waals surface area contributed by atoms with Crippen LogP contribution >= 0.6 is 11.3 Å². The first-order valence-corrected chi connectivity index (χ1v) is 5.38. The van der Waals surface area contributed by atoms with Crippen molar-refractivity contribution in [2.24, 2.45) is 0 Å². The molecule has 0 amide bonds. The van der Waals surface area contributed by atoms with E-state index in [0.29, 0.717) is 0 Å². The van der Waals surface area contributed by atoms with E-state index in [9.17, 15) is 0 Å². The number of rotatable bonds is 5. The minimum Gasteiger partial charge on any atom is -0.310 e. The Morgan fingerprint density at radius 1 is 1.50 bits per heavy atom. The van der Waals surface area contributed by atoms with Gasteiger partial charge in [0.25, 0.3) is 0 Å². The molecule has 3 heteroatoms. The number of hydrogen-bond acceptors (Lipinski definition) is 3. The van der Waals surface area contributed by atoms with Gasteiger partial charge < -0.3 is 5.32 Å². The molecule has 0 fully saturated rings. The van der Waals surface area contributed by atoms with E-state index >= 15 is 0 Å². The fourth-order valence-corrected chi connectivity index (χ4v) is 1.81. The summed E-state index contributed by atoms with van der Waals surface area (Å²) < 4.78 is 0. The summed E-state index contributed by atoms with van der Waals surface area (Å²) in [6, 6.07) is 0. The van der Waals surface area contributed by atoms with E-state index in [2.05, 4.69) is 29.5 Å². The van der Waals surface area contributed by atoms with Crippen LogP contribution in [-0.4, -0.2) is 11.5 Å². The van der Waals surface area contributed by atoms with Crippen LogP contribution in [0.25, 0.3) is 0 Å². The van der Waals surface area contributed by atoms with E-state index in [-0.39, 0.29) is 0 Å². The summed E-state index contributed by atoms with van der Waals surface area (Å²) in [5, 5.41) is 6.69. The van der Waals surface area contributed by atoms with Crippen molar-refractivity contribution in [1.29, 1.82) is 0 Å². The molecule has 0 aromatic carbocycles. The summed E-state index contributed by atoms with van der Waals surface area (Å²) in [7, 11) is 0. The molecule has 68 valence electrons. The number of nitrogens with zero attached hydrogens (tertiary/aromatic N) is 1. The maximum absolute atomic E-state index is 4.46. The molecule has 1 rings (SSSR count). The Bertz CT molecular complexity index is 220. The molecule has 0 aliphatic heterocycles. The van der Waals surface area contributed by atoms with Crippen molar-refractivity contribution in [3.63, 3.8) is 0 Å². The van der Waals surface area contributed by atoms with Crippen molar-refractivity contribution in [3.05, 3.63) is 16.1 Å². The molecule has 2 nitrogen and oxygen atoms in total. The van der Waals surface area contributed by atoms with Gasteiger partial charge in [0.2, 0.25) is 0 Å². The Balaban J connectivity index is 2.31. The Morgan fingerprint density at radius 2 is 2.33 bits per heavy atom. The molecule has 12 heavy (non-hydrogen) atoms. The average molecular weight is 184 g/mol. The normalized spacial score (nSPS) is 10.5. The van der Waals surface area contributed by atoms with Crippen LogP contribution in [0.15, 0.2) is 5.38 Å². The minimum absolute atomic E-state index is 0.929. The topological polar surface area (TPSA) is 24.9 Å². The number of aryl methyl sites for hydroxylation is 1. The van der Waals surface area contributed by atoms with Gasteiger partial charge in [-0.1, -0.05) is 13.8 Å². The molecule has 0 aliphatic rings. The zero-order valence-electron chi connectivity index (χ0n) is 7.76. The van der Waals surface area contributed by atoms with Gasteiger partial charge in [0.1, 0.15) is 5.01 Å². The first kappa shape index (κ1) is 9.68. The Labute approximate surface area is 78.0 Å². The molecular formula is C9H16N2S. The summed E-state index contributed by atoms with van der Waals surface area (Å²) in [5.41, 5.74) is 1.22. The number of hydrogen-bond donors (Lipinski definition) is 1. The SMILES string of the molecule is CCCNCc1nc(CC)cs1. The van der Waals surface area contributed by atoms with Crippen molar-refractivity contribution < 1.29 is 0 Å². The molecule has 1 aromatic heterocycles. The highest BCUT2D eigenvalue weighted by atomic mass is 32.1. The third-order valence-corrected chi connectivity index (χ3v) is 2.56. The summed E-state index contributed by atoms with van der Waals surface area (Å²) in [6.45, 7) is 6.32.